The molecule has 31 heavy (non-hydrogen) atoms. The first kappa shape index (κ1) is 22.9. The van der Waals surface area contributed by atoms with Crippen LogP contribution in [0.15, 0.2) is 24.3 Å². The fraction of sp³-hybridized carbons (Fsp3) is 0.435. The Balaban J connectivity index is 1.98. The maximum absolute atomic E-state index is 13.4. The van der Waals surface area contributed by atoms with E-state index in [0.717, 1.165) is 17.7 Å². The van der Waals surface area contributed by atoms with Crippen LogP contribution in [0.1, 0.15) is 54.3 Å². The van der Waals surface area contributed by atoms with Crippen molar-refractivity contribution in [1.29, 1.82) is 0 Å². The Morgan fingerprint density at radius 3 is 2.42 bits per heavy atom. The summed E-state index contributed by atoms with van der Waals surface area (Å²) < 4.78 is 18.8. The van der Waals surface area contributed by atoms with Gasteiger partial charge in [0.05, 0.1) is 18.4 Å². The van der Waals surface area contributed by atoms with Crippen molar-refractivity contribution in [2.75, 3.05) is 11.9 Å². The van der Waals surface area contributed by atoms with E-state index in [2.05, 4.69) is 5.32 Å². The molecule has 166 valence electrons. The molecule has 6 nitrogen and oxygen atoms in total. The number of amides is 1. The molecule has 1 aliphatic rings. The highest BCUT2D eigenvalue weighted by molar-refractivity contribution is 7.17. The summed E-state index contributed by atoms with van der Waals surface area (Å²) in [5.41, 5.74) is 1.44. The fourth-order valence-corrected chi connectivity index (χ4v) is 5.07. The van der Waals surface area contributed by atoms with E-state index in [1.807, 2.05) is 13.8 Å². The third-order valence-electron chi connectivity index (χ3n) is 5.52. The number of nitrogens with one attached hydrogen (secondary N) is 1. The first-order valence-electron chi connectivity index (χ1n) is 10.4. The number of aryl methyl sites for hydroxylation is 1. The number of ether oxygens (including phenoxy) is 1. The molecule has 2 aromatic rings. The van der Waals surface area contributed by atoms with Gasteiger partial charge in [0, 0.05) is 10.4 Å². The molecule has 1 aromatic carbocycles. The summed E-state index contributed by atoms with van der Waals surface area (Å²) in [7, 11) is 0. The molecule has 2 atom stereocenters. The number of hydrogen-bond acceptors (Lipinski definition) is 5. The topological polar surface area (TPSA) is 92.7 Å². The van der Waals surface area contributed by atoms with Crippen LogP contribution in [0.3, 0.4) is 0 Å². The molecule has 1 aromatic heterocycles. The first-order chi connectivity index (χ1) is 14.8. The number of esters is 1. The standard InChI is InChI=1S/C23H26FNO5S/c1-3-12-30-23(29)19-18(14-8-10-15(24)11-9-14)13(2)31-21(19)25-20(26)16-6-4-5-7-17(16)22(27)28/h8-11,16-17H,3-7,12H2,1-2H3,(H,25,26)(H,27,28)/t16-,17-/m1/s1. The van der Waals surface area contributed by atoms with Gasteiger partial charge in [-0.25, -0.2) is 9.18 Å². The van der Waals surface area contributed by atoms with Crippen molar-refractivity contribution in [3.63, 3.8) is 0 Å². The molecule has 3 rings (SSSR count). The van der Waals surface area contributed by atoms with Crippen LogP contribution in [0.5, 0.6) is 0 Å². The van der Waals surface area contributed by atoms with Gasteiger partial charge in [-0.05, 0) is 43.9 Å². The second kappa shape index (κ2) is 10.0. The Morgan fingerprint density at radius 2 is 1.81 bits per heavy atom. The number of carboxylic acid groups (broad SMARTS) is 1. The summed E-state index contributed by atoms with van der Waals surface area (Å²) in [4.78, 5) is 38.3. The quantitative estimate of drug-likeness (QED) is 0.565. The second-order valence-corrected chi connectivity index (χ2v) is 8.93. The average molecular weight is 448 g/mol. The number of rotatable bonds is 7. The highest BCUT2D eigenvalue weighted by Crippen LogP contribution is 2.41. The Bertz CT molecular complexity index is 969. The van der Waals surface area contributed by atoms with E-state index in [1.165, 1.54) is 23.5 Å². The Labute approximate surface area is 184 Å². The van der Waals surface area contributed by atoms with E-state index in [9.17, 15) is 23.9 Å². The Morgan fingerprint density at radius 1 is 1.16 bits per heavy atom. The number of anilines is 1. The highest BCUT2D eigenvalue weighted by atomic mass is 32.1. The Kier molecular flexibility index (Phi) is 7.43. The summed E-state index contributed by atoms with van der Waals surface area (Å²) in [6, 6.07) is 5.78. The smallest absolute Gasteiger partial charge is 0.341 e. The van der Waals surface area contributed by atoms with Crippen molar-refractivity contribution in [3.05, 3.63) is 40.5 Å². The lowest BCUT2D eigenvalue weighted by Gasteiger charge is -2.27. The highest BCUT2D eigenvalue weighted by Gasteiger charge is 2.37. The zero-order valence-corrected chi connectivity index (χ0v) is 18.4. The van der Waals surface area contributed by atoms with Crippen molar-refractivity contribution in [2.24, 2.45) is 11.8 Å². The van der Waals surface area contributed by atoms with Crippen molar-refractivity contribution in [1.82, 2.24) is 0 Å². The number of halogens is 1. The molecule has 0 unspecified atom stereocenters. The number of carboxylic acids is 1. The van der Waals surface area contributed by atoms with Gasteiger partial charge in [0.25, 0.3) is 0 Å². The molecule has 1 amide bonds. The monoisotopic (exact) mass is 447 g/mol. The summed E-state index contributed by atoms with van der Waals surface area (Å²) in [6.07, 6.45) is 3.17. The van der Waals surface area contributed by atoms with Gasteiger partial charge in [0.15, 0.2) is 0 Å². The lowest BCUT2D eigenvalue weighted by atomic mass is 9.78. The minimum atomic E-state index is -0.975. The fourth-order valence-electron chi connectivity index (χ4n) is 4.00. The van der Waals surface area contributed by atoms with Gasteiger partial charge in [-0.15, -0.1) is 11.3 Å². The molecular weight excluding hydrogens is 421 g/mol. The van der Waals surface area contributed by atoms with Gasteiger partial charge in [-0.2, -0.15) is 0 Å². The molecule has 8 heteroatoms. The van der Waals surface area contributed by atoms with E-state index in [0.29, 0.717) is 35.4 Å². The van der Waals surface area contributed by atoms with E-state index in [4.69, 9.17) is 4.74 Å². The SMILES string of the molecule is CCCOC(=O)c1c(NC(=O)[C@@H]2CCCC[C@H]2C(=O)O)sc(C)c1-c1ccc(F)cc1. The minimum Gasteiger partial charge on any atom is -0.481 e. The van der Waals surface area contributed by atoms with Crippen LogP contribution in [0, 0.1) is 24.6 Å². The van der Waals surface area contributed by atoms with Crippen LogP contribution < -0.4 is 5.32 Å². The summed E-state index contributed by atoms with van der Waals surface area (Å²) in [5, 5.41) is 12.6. The number of hydrogen-bond donors (Lipinski definition) is 2. The molecule has 1 saturated carbocycles. The van der Waals surface area contributed by atoms with E-state index < -0.39 is 35.5 Å². The van der Waals surface area contributed by atoms with Gasteiger partial charge < -0.3 is 15.2 Å². The maximum Gasteiger partial charge on any atom is 0.341 e. The van der Waals surface area contributed by atoms with E-state index in [1.54, 1.807) is 12.1 Å². The predicted octanol–water partition coefficient (Wildman–Crippen LogP) is 5.26. The van der Waals surface area contributed by atoms with Crippen LogP contribution in [0.4, 0.5) is 9.39 Å². The molecule has 1 heterocycles. The molecule has 1 fully saturated rings. The largest absolute Gasteiger partial charge is 0.481 e. The molecular formula is C23H26FNO5S. The third-order valence-corrected chi connectivity index (χ3v) is 6.54. The summed E-state index contributed by atoms with van der Waals surface area (Å²) in [5.74, 6) is -3.72. The normalized spacial score (nSPS) is 18.4. The van der Waals surface area contributed by atoms with Crippen molar-refractivity contribution >= 4 is 34.2 Å². The number of thiophene rings is 1. The second-order valence-electron chi connectivity index (χ2n) is 7.71. The number of carbonyl (C=O) groups is 3. The minimum absolute atomic E-state index is 0.221. The molecule has 0 radical (unpaired) electrons. The third kappa shape index (κ3) is 5.12. The average Bonchev–Trinajstić information content (AvgIpc) is 3.08. The lowest BCUT2D eigenvalue weighted by molar-refractivity contribution is -0.147. The van der Waals surface area contributed by atoms with Crippen molar-refractivity contribution in [3.8, 4) is 11.1 Å². The van der Waals surface area contributed by atoms with Gasteiger partial charge in [-0.1, -0.05) is 31.9 Å². The van der Waals surface area contributed by atoms with Gasteiger partial charge in [-0.3, -0.25) is 9.59 Å². The zero-order valence-electron chi connectivity index (χ0n) is 17.6. The zero-order chi connectivity index (χ0) is 22.5. The van der Waals surface area contributed by atoms with Gasteiger partial charge >= 0.3 is 11.9 Å². The van der Waals surface area contributed by atoms with Crippen LogP contribution in [0.2, 0.25) is 0 Å². The van der Waals surface area contributed by atoms with Crippen LogP contribution >= 0.6 is 11.3 Å². The maximum atomic E-state index is 13.4. The van der Waals surface area contributed by atoms with Crippen molar-refractivity contribution < 1.29 is 28.6 Å². The predicted molar refractivity (Wildman–Crippen MR) is 117 cm³/mol. The molecule has 2 N–H and O–H groups in total. The first-order valence-corrected chi connectivity index (χ1v) is 11.2. The van der Waals surface area contributed by atoms with Gasteiger partial charge in [0.2, 0.25) is 5.91 Å². The Hall–Kier alpha value is -2.74. The van der Waals surface area contributed by atoms with Crippen LogP contribution in [0.25, 0.3) is 11.1 Å². The van der Waals surface area contributed by atoms with Gasteiger partial charge in [0.1, 0.15) is 16.4 Å². The molecule has 0 spiro atoms. The number of carbonyl (C=O) groups excluding carboxylic acids is 2. The molecule has 0 bridgehead atoms. The molecule has 1 aliphatic carbocycles. The summed E-state index contributed by atoms with van der Waals surface area (Å²) in [6.45, 7) is 3.93. The lowest BCUT2D eigenvalue weighted by Crippen LogP contribution is -2.36. The van der Waals surface area contributed by atoms with Crippen molar-refractivity contribution in [2.45, 2.75) is 46.0 Å². The van der Waals surface area contributed by atoms with E-state index in [-0.39, 0.29) is 12.2 Å². The number of benzene rings is 1. The van der Waals surface area contributed by atoms with Crippen LogP contribution in [-0.2, 0) is 14.3 Å². The van der Waals surface area contributed by atoms with E-state index >= 15 is 0 Å². The summed E-state index contributed by atoms with van der Waals surface area (Å²) >= 11 is 1.23. The number of aliphatic carboxylic acids is 1. The van der Waals surface area contributed by atoms with Crippen LogP contribution in [-0.4, -0.2) is 29.6 Å². The molecule has 0 aliphatic heterocycles. The molecule has 0 saturated heterocycles.